The predicted octanol–water partition coefficient (Wildman–Crippen LogP) is 3.56. The molecule has 0 radical (unpaired) electrons. The summed E-state index contributed by atoms with van der Waals surface area (Å²) in [4.78, 5) is 12.8. The molecule has 0 aromatic heterocycles. The van der Waals surface area contributed by atoms with E-state index in [9.17, 15) is 23.1 Å². The largest absolute Gasteiger partial charge is 0.432 e. The van der Waals surface area contributed by atoms with Crippen molar-refractivity contribution in [3.8, 4) is 0 Å². The third-order valence-electron chi connectivity index (χ3n) is 4.17. The van der Waals surface area contributed by atoms with E-state index >= 15 is 0 Å². The van der Waals surface area contributed by atoms with Crippen LogP contribution in [0.25, 0.3) is 0 Å². The molecule has 1 heterocycles. The lowest BCUT2D eigenvalue weighted by Crippen LogP contribution is -2.51. The van der Waals surface area contributed by atoms with E-state index in [1.165, 1.54) is 18.2 Å². The smallest absolute Gasteiger partial charge is 0.362 e. The summed E-state index contributed by atoms with van der Waals surface area (Å²) >= 11 is 0. The first-order valence-electron chi connectivity index (χ1n) is 7.89. The van der Waals surface area contributed by atoms with Crippen molar-refractivity contribution in [3.05, 3.63) is 82.6 Å². The zero-order valence-corrected chi connectivity index (χ0v) is 14.1. The molecule has 1 amide bonds. The number of halogens is 3. The van der Waals surface area contributed by atoms with Crippen LogP contribution in [0.5, 0.6) is 0 Å². The lowest BCUT2D eigenvalue weighted by atomic mass is 9.99. The summed E-state index contributed by atoms with van der Waals surface area (Å²) in [6, 6.07) is 12.7. The Hall–Kier alpha value is -2.80. The first kappa shape index (κ1) is 18.0. The number of allylic oxidation sites excluding steroid dienone is 1. The van der Waals surface area contributed by atoms with Crippen molar-refractivity contribution < 1.29 is 23.1 Å². The molecular formula is C19H17F3N2O2. The first-order chi connectivity index (χ1) is 12.1. The first-order valence-corrected chi connectivity index (χ1v) is 7.89. The summed E-state index contributed by atoms with van der Waals surface area (Å²) in [6.07, 6.45) is -4.12. The Kier molecular flexibility index (Phi) is 4.28. The van der Waals surface area contributed by atoms with Gasteiger partial charge in [0.15, 0.2) is 0 Å². The normalized spacial score (nSPS) is 19.9. The van der Waals surface area contributed by atoms with E-state index in [1.807, 2.05) is 12.3 Å². The third-order valence-corrected chi connectivity index (χ3v) is 4.17. The maximum Gasteiger partial charge on any atom is 0.432 e. The maximum atomic E-state index is 13.2. The van der Waals surface area contributed by atoms with Crippen molar-refractivity contribution in [2.75, 3.05) is 0 Å². The molecule has 2 N–H and O–H groups in total. The van der Waals surface area contributed by atoms with Crippen molar-refractivity contribution in [1.82, 2.24) is 10.4 Å². The second-order valence-corrected chi connectivity index (χ2v) is 6.27. The van der Waals surface area contributed by atoms with Gasteiger partial charge in [-0.15, -0.1) is 0 Å². The van der Waals surface area contributed by atoms with Gasteiger partial charge in [0, 0.05) is 17.2 Å². The van der Waals surface area contributed by atoms with Gasteiger partial charge < -0.3 is 5.11 Å². The second kappa shape index (κ2) is 6.17. The molecule has 1 aliphatic rings. The number of benzene rings is 2. The number of alkyl halides is 3. The molecule has 0 aliphatic carbocycles. The topological polar surface area (TPSA) is 52.6 Å². The van der Waals surface area contributed by atoms with Gasteiger partial charge in [-0.2, -0.15) is 13.2 Å². The zero-order chi connectivity index (χ0) is 19.1. The van der Waals surface area contributed by atoms with Gasteiger partial charge in [0.1, 0.15) is 5.70 Å². The number of aryl methyl sites for hydroxylation is 2. The van der Waals surface area contributed by atoms with Crippen LogP contribution in [0.2, 0.25) is 0 Å². The Morgan fingerprint density at radius 3 is 2.31 bits per heavy atom. The molecule has 3 rings (SSSR count). The van der Waals surface area contributed by atoms with Gasteiger partial charge in [-0.25, -0.2) is 5.01 Å². The molecule has 1 atom stereocenters. The Bertz CT molecular complexity index is 875. The van der Waals surface area contributed by atoms with Gasteiger partial charge in [0.05, 0.1) is 0 Å². The minimum Gasteiger partial charge on any atom is -0.362 e. The fraction of sp³-hybridized carbons (Fsp3) is 0.211. The highest BCUT2D eigenvalue weighted by atomic mass is 19.4. The lowest BCUT2D eigenvalue weighted by Gasteiger charge is -2.33. The van der Waals surface area contributed by atoms with Crippen LogP contribution in [-0.2, 0) is 5.72 Å². The number of hydrogen-bond donors (Lipinski definition) is 2. The Morgan fingerprint density at radius 2 is 1.73 bits per heavy atom. The molecule has 0 saturated carbocycles. The monoisotopic (exact) mass is 362 g/mol. The average Bonchev–Trinajstić information content (AvgIpc) is 2.94. The number of aliphatic hydroxyl groups is 1. The fourth-order valence-corrected chi connectivity index (χ4v) is 2.77. The molecule has 7 heteroatoms. The number of nitrogens with zero attached hydrogens (tertiary/aromatic N) is 1. The summed E-state index contributed by atoms with van der Waals surface area (Å²) in [6.45, 7) is 3.58. The average molecular weight is 362 g/mol. The number of amides is 1. The highest BCUT2D eigenvalue weighted by Gasteiger charge is 2.50. The Balaban J connectivity index is 2.08. The molecule has 0 saturated heterocycles. The molecule has 26 heavy (non-hydrogen) atoms. The van der Waals surface area contributed by atoms with Crippen LogP contribution in [0.3, 0.4) is 0 Å². The lowest BCUT2D eigenvalue weighted by molar-refractivity contribution is -0.104. The number of rotatable bonds is 2. The minimum atomic E-state index is -4.74. The van der Waals surface area contributed by atoms with Gasteiger partial charge in [0.25, 0.3) is 5.91 Å². The van der Waals surface area contributed by atoms with Crippen LogP contribution in [0, 0.1) is 13.8 Å². The van der Waals surface area contributed by atoms with Gasteiger partial charge in [0.2, 0.25) is 5.72 Å². The van der Waals surface area contributed by atoms with Gasteiger partial charge >= 0.3 is 6.18 Å². The fourth-order valence-electron chi connectivity index (χ4n) is 2.77. The summed E-state index contributed by atoms with van der Waals surface area (Å²) in [5, 5.41) is 11.6. The Labute approximate surface area is 148 Å². The number of hydrogen-bond acceptors (Lipinski definition) is 3. The highest BCUT2D eigenvalue weighted by molar-refractivity contribution is 5.95. The van der Waals surface area contributed by atoms with Crippen molar-refractivity contribution in [1.29, 1.82) is 0 Å². The summed E-state index contributed by atoms with van der Waals surface area (Å²) in [5.74, 6) is -0.771. The van der Waals surface area contributed by atoms with Gasteiger partial charge in [-0.1, -0.05) is 47.5 Å². The highest BCUT2D eigenvalue weighted by Crippen LogP contribution is 2.38. The number of carbonyl (C=O) groups is 1. The van der Waals surface area contributed by atoms with E-state index in [0.29, 0.717) is 11.1 Å². The number of carbonyl (C=O) groups excluding carboxylic acids is 1. The third kappa shape index (κ3) is 3.17. The van der Waals surface area contributed by atoms with Gasteiger partial charge in [-0.05, 0) is 26.0 Å². The second-order valence-electron chi connectivity index (χ2n) is 6.27. The van der Waals surface area contributed by atoms with Crippen molar-refractivity contribution >= 4 is 5.91 Å². The van der Waals surface area contributed by atoms with E-state index in [4.69, 9.17) is 0 Å². The van der Waals surface area contributed by atoms with Crippen LogP contribution in [0.4, 0.5) is 13.2 Å². The van der Waals surface area contributed by atoms with Crippen molar-refractivity contribution in [2.24, 2.45) is 0 Å². The molecule has 1 unspecified atom stereocenters. The molecular weight excluding hydrogens is 345 g/mol. The quantitative estimate of drug-likeness (QED) is 0.859. The van der Waals surface area contributed by atoms with Crippen LogP contribution in [0.1, 0.15) is 27.0 Å². The molecule has 0 bridgehead atoms. The molecule has 0 fully saturated rings. The van der Waals surface area contributed by atoms with Crippen LogP contribution in [-0.4, -0.2) is 22.2 Å². The summed E-state index contributed by atoms with van der Waals surface area (Å²) < 4.78 is 39.6. The predicted molar refractivity (Wildman–Crippen MR) is 89.7 cm³/mol. The van der Waals surface area contributed by atoms with Crippen molar-refractivity contribution in [3.63, 3.8) is 0 Å². The number of hydrazine groups is 1. The van der Waals surface area contributed by atoms with E-state index in [0.717, 1.165) is 11.1 Å². The van der Waals surface area contributed by atoms with Gasteiger partial charge in [-0.3, -0.25) is 10.2 Å². The number of nitrogens with one attached hydrogen (secondary N) is 1. The van der Waals surface area contributed by atoms with E-state index in [1.54, 1.807) is 37.3 Å². The van der Waals surface area contributed by atoms with E-state index in [2.05, 4.69) is 0 Å². The molecule has 1 aliphatic heterocycles. The van der Waals surface area contributed by atoms with Crippen molar-refractivity contribution in [2.45, 2.75) is 25.7 Å². The molecule has 0 spiro atoms. The standard InChI is InChI=1S/C19H17F3N2O2/c1-12-6-8-15(9-7-12)18(26)11-16(19(20,21)22)23-24(18)17(25)14-5-3-4-13(2)10-14/h3-11,23,26H,1-2H3. The molecule has 136 valence electrons. The molecule has 2 aromatic carbocycles. The van der Waals surface area contributed by atoms with Crippen LogP contribution >= 0.6 is 0 Å². The van der Waals surface area contributed by atoms with E-state index in [-0.39, 0.29) is 11.1 Å². The molecule has 4 nitrogen and oxygen atoms in total. The minimum absolute atomic E-state index is 0.149. The SMILES string of the molecule is Cc1ccc(C2(O)C=C(C(F)(F)F)NN2C(=O)c2cccc(C)c2)cc1. The van der Waals surface area contributed by atoms with E-state index < -0.39 is 23.5 Å². The molecule has 2 aromatic rings. The van der Waals surface area contributed by atoms with Crippen LogP contribution < -0.4 is 5.43 Å². The zero-order valence-electron chi connectivity index (χ0n) is 14.1. The summed E-state index contributed by atoms with van der Waals surface area (Å²) in [7, 11) is 0. The van der Waals surface area contributed by atoms with Crippen LogP contribution in [0.15, 0.2) is 60.3 Å². The summed E-state index contributed by atoms with van der Waals surface area (Å²) in [5.41, 5.74) is 0.531. The Morgan fingerprint density at radius 1 is 1.08 bits per heavy atom. The maximum absolute atomic E-state index is 13.2.